The monoisotopic (exact) mass is 310 g/mol. The van der Waals surface area contributed by atoms with Crippen LogP contribution in [0.15, 0.2) is 24.3 Å². The summed E-state index contributed by atoms with van der Waals surface area (Å²) >= 11 is 0. The average Bonchev–Trinajstić information content (AvgIpc) is 3.08. The number of rotatable bonds is 3. The average molecular weight is 310 g/mol. The quantitative estimate of drug-likeness (QED) is 0.910. The molecular weight excluding hydrogens is 292 g/mol. The van der Waals surface area contributed by atoms with Crippen LogP contribution < -0.4 is 9.62 Å². The van der Waals surface area contributed by atoms with E-state index in [0.29, 0.717) is 37.6 Å². The van der Waals surface area contributed by atoms with Gasteiger partial charge in [0.1, 0.15) is 0 Å². The van der Waals surface area contributed by atoms with Crippen molar-refractivity contribution in [3.63, 3.8) is 0 Å². The first-order valence-corrected chi connectivity index (χ1v) is 8.66. The highest BCUT2D eigenvalue weighted by atomic mass is 32.2. The van der Waals surface area contributed by atoms with Crippen LogP contribution in [-0.4, -0.2) is 39.8 Å². The van der Waals surface area contributed by atoms with Gasteiger partial charge in [0.25, 0.3) is 0 Å². The molecule has 0 spiro atoms. The minimum Gasteiger partial charge on any atom is -0.381 e. The van der Waals surface area contributed by atoms with Crippen LogP contribution in [-0.2, 0) is 19.6 Å². The Kier molecular flexibility index (Phi) is 3.86. The van der Waals surface area contributed by atoms with Crippen LogP contribution in [0.3, 0.4) is 0 Å². The predicted octanol–water partition coefficient (Wildman–Crippen LogP) is 1.20. The van der Waals surface area contributed by atoms with E-state index in [1.54, 1.807) is 24.3 Å². The fraction of sp³-hybridized carbons (Fsp3) is 0.500. The van der Waals surface area contributed by atoms with Crippen LogP contribution in [0.2, 0.25) is 0 Å². The van der Waals surface area contributed by atoms with Gasteiger partial charge in [-0.15, -0.1) is 0 Å². The lowest BCUT2D eigenvalue weighted by Crippen LogP contribution is -2.26. The summed E-state index contributed by atoms with van der Waals surface area (Å²) in [4.78, 5) is 12.1. The third kappa shape index (κ3) is 3.03. The number of amides is 1. The number of hydrogen-bond donors (Lipinski definition) is 1. The van der Waals surface area contributed by atoms with E-state index in [9.17, 15) is 13.2 Å². The topological polar surface area (TPSA) is 75.7 Å². The second-order valence-electron chi connectivity index (χ2n) is 5.34. The molecule has 2 aliphatic rings. The van der Waals surface area contributed by atoms with Crippen LogP contribution in [0, 0.1) is 5.92 Å². The third-order valence-electron chi connectivity index (χ3n) is 3.80. The van der Waals surface area contributed by atoms with Crippen LogP contribution in [0.4, 0.5) is 11.4 Å². The number of anilines is 2. The first-order valence-electron chi connectivity index (χ1n) is 7.05. The summed E-state index contributed by atoms with van der Waals surface area (Å²) < 4.78 is 30.5. The molecule has 1 aromatic rings. The van der Waals surface area contributed by atoms with Crippen LogP contribution in [0.25, 0.3) is 0 Å². The van der Waals surface area contributed by atoms with Crippen molar-refractivity contribution in [2.24, 2.45) is 5.92 Å². The number of sulfonamides is 1. The van der Waals surface area contributed by atoms with Crippen molar-refractivity contribution < 1.29 is 17.9 Å². The van der Waals surface area contributed by atoms with Crippen molar-refractivity contribution in [1.82, 2.24) is 0 Å². The van der Waals surface area contributed by atoms with Gasteiger partial charge < -0.3 is 10.1 Å². The largest absolute Gasteiger partial charge is 0.381 e. The van der Waals surface area contributed by atoms with Gasteiger partial charge in [0.05, 0.1) is 24.0 Å². The number of nitrogens with zero attached hydrogens (tertiary/aromatic N) is 1. The maximum atomic E-state index is 12.1. The molecule has 7 heteroatoms. The zero-order chi connectivity index (χ0) is 14.9. The third-order valence-corrected chi connectivity index (χ3v) is 5.67. The van der Waals surface area contributed by atoms with E-state index >= 15 is 0 Å². The Balaban J connectivity index is 1.75. The maximum Gasteiger partial charge on any atom is 0.235 e. The summed E-state index contributed by atoms with van der Waals surface area (Å²) in [6.07, 6.45) is 1.37. The normalized spacial score (nSPS) is 24.2. The highest BCUT2D eigenvalue weighted by Crippen LogP contribution is 2.27. The van der Waals surface area contributed by atoms with Gasteiger partial charge in [-0.3, -0.25) is 9.10 Å². The van der Waals surface area contributed by atoms with Crippen LogP contribution >= 0.6 is 0 Å². The molecule has 1 amide bonds. The van der Waals surface area contributed by atoms with Gasteiger partial charge in [-0.05, 0) is 31.0 Å². The van der Waals surface area contributed by atoms with Gasteiger partial charge >= 0.3 is 0 Å². The zero-order valence-corrected chi connectivity index (χ0v) is 12.4. The molecular formula is C14H18N2O4S. The van der Waals surface area contributed by atoms with Crippen molar-refractivity contribution in [1.29, 1.82) is 0 Å². The van der Waals surface area contributed by atoms with Crippen molar-refractivity contribution in [2.75, 3.05) is 35.1 Å². The molecule has 6 nitrogen and oxygen atoms in total. The molecule has 1 aromatic carbocycles. The smallest absolute Gasteiger partial charge is 0.235 e. The number of carbonyl (C=O) groups excluding carboxylic acids is 1. The second-order valence-corrected chi connectivity index (χ2v) is 7.35. The Labute approximate surface area is 124 Å². The fourth-order valence-corrected chi connectivity index (χ4v) is 4.21. The van der Waals surface area contributed by atoms with Crippen molar-refractivity contribution >= 4 is 27.3 Å². The fourth-order valence-electron chi connectivity index (χ4n) is 2.65. The molecule has 0 aromatic heterocycles. The minimum absolute atomic E-state index is 0.0751. The second kappa shape index (κ2) is 5.65. The highest BCUT2D eigenvalue weighted by Gasteiger charge is 2.29. The number of carbonyl (C=O) groups is 1. The number of benzene rings is 1. The van der Waals surface area contributed by atoms with E-state index in [2.05, 4.69) is 5.32 Å². The van der Waals surface area contributed by atoms with Gasteiger partial charge in [0, 0.05) is 18.8 Å². The summed E-state index contributed by atoms with van der Waals surface area (Å²) in [6.45, 7) is 1.56. The van der Waals surface area contributed by atoms with E-state index in [4.69, 9.17) is 4.74 Å². The Morgan fingerprint density at radius 3 is 2.90 bits per heavy atom. The molecule has 1 unspecified atom stereocenters. The Morgan fingerprint density at radius 1 is 1.38 bits per heavy atom. The number of ether oxygens (including phenoxy) is 1. The summed E-state index contributed by atoms with van der Waals surface area (Å²) in [6, 6.07) is 6.97. The molecule has 21 heavy (non-hydrogen) atoms. The molecule has 2 aliphatic heterocycles. The lowest BCUT2D eigenvalue weighted by Gasteiger charge is -2.18. The highest BCUT2D eigenvalue weighted by molar-refractivity contribution is 7.93. The summed E-state index contributed by atoms with van der Waals surface area (Å²) in [5.41, 5.74) is 1.22. The van der Waals surface area contributed by atoms with Gasteiger partial charge in [-0.25, -0.2) is 8.42 Å². The first-order chi connectivity index (χ1) is 10.1. The summed E-state index contributed by atoms with van der Waals surface area (Å²) in [7, 11) is -3.20. The molecule has 1 atom stereocenters. The lowest BCUT2D eigenvalue weighted by molar-refractivity contribution is -0.119. The molecule has 3 rings (SSSR count). The Morgan fingerprint density at radius 2 is 2.24 bits per heavy atom. The van der Waals surface area contributed by atoms with E-state index in [1.807, 2.05) is 0 Å². The summed E-state index contributed by atoms with van der Waals surface area (Å²) in [5.74, 6) is -0.0127. The lowest BCUT2D eigenvalue weighted by atomic mass is 10.1. The van der Waals surface area contributed by atoms with Gasteiger partial charge in [0.2, 0.25) is 15.9 Å². The molecule has 0 bridgehead atoms. The molecule has 2 fully saturated rings. The standard InChI is InChI=1S/C14H18N2O4S/c17-14(11-5-7-20-10-11)15-12-3-1-4-13(9-12)16-6-2-8-21(16,18)19/h1,3-4,9,11H,2,5-8,10H2,(H,15,17). The van der Waals surface area contributed by atoms with Gasteiger partial charge in [0.15, 0.2) is 0 Å². The maximum absolute atomic E-state index is 12.1. The van der Waals surface area contributed by atoms with Crippen LogP contribution in [0.5, 0.6) is 0 Å². The van der Waals surface area contributed by atoms with E-state index in [1.165, 1.54) is 4.31 Å². The predicted molar refractivity (Wildman–Crippen MR) is 79.7 cm³/mol. The molecule has 0 saturated carbocycles. The van der Waals surface area contributed by atoms with Crippen molar-refractivity contribution in [3.8, 4) is 0 Å². The molecule has 0 aliphatic carbocycles. The molecule has 2 heterocycles. The van der Waals surface area contributed by atoms with Crippen molar-refractivity contribution in [3.05, 3.63) is 24.3 Å². The minimum atomic E-state index is -3.20. The van der Waals surface area contributed by atoms with E-state index in [0.717, 1.165) is 6.42 Å². The number of hydrogen-bond acceptors (Lipinski definition) is 4. The Hall–Kier alpha value is -1.60. The molecule has 0 radical (unpaired) electrons. The molecule has 114 valence electrons. The first kappa shape index (κ1) is 14.3. The Bertz CT molecular complexity index is 638. The molecule has 2 saturated heterocycles. The van der Waals surface area contributed by atoms with E-state index < -0.39 is 10.0 Å². The van der Waals surface area contributed by atoms with E-state index in [-0.39, 0.29) is 17.6 Å². The summed E-state index contributed by atoms with van der Waals surface area (Å²) in [5, 5.41) is 2.83. The van der Waals surface area contributed by atoms with Crippen molar-refractivity contribution in [2.45, 2.75) is 12.8 Å². The SMILES string of the molecule is O=C(Nc1cccc(N2CCCS2(=O)=O)c1)C1CCOC1. The van der Waals surface area contributed by atoms with Gasteiger partial charge in [-0.1, -0.05) is 6.07 Å². The molecule has 1 N–H and O–H groups in total. The van der Waals surface area contributed by atoms with Crippen LogP contribution in [0.1, 0.15) is 12.8 Å². The number of nitrogens with one attached hydrogen (secondary N) is 1. The van der Waals surface area contributed by atoms with Gasteiger partial charge in [-0.2, -0.15) is 0 Å². The zero-order valence-electron chi connectivity index (χ0n) is 11.6.